The lowest BCUT2D eigenvalue weighted by Crippen LogP contribution is -2.19. The SMILES string of the molecule is CCCOc1ccc(Nc2ncc(C(F)(F)F)c(N(C)c3ccc(CCC)cc3)n2)cc1. The minimum atomic E-state index is -4.58. The van der Waals surface area contributed by atoms with Crippen LogP contribution in [0.15, 0.2) is 54.7 Å². The second-order valence-corrected chi connectivity index (χ2v) is 7.40. The highest BCUT2D eigenvalue weighted by molar-refractivity contribution is 5.65. The fourth-order valence-corrected chi connectivity index (χ4v) is 3.17. The number of aryl methyl sites for hydroxylation is 1. The Hall–Kier alpha value is -3.29. The van der Waals surface area contributed by atoms with Crippen LogP contribution in [0.4, 0.5) is 36.3 Å². The summed E-state index contributed by atoms with van der Waals surface area (Å²) >= 11 is 0. The monoisotopic (exact) mass is 444 g/mol. The summed E-state index contributed by atoms with van der Waals surface area (Å²) in [5, 5.41) is 2.97. The molecule has 0 fully saturated rings. The number of rotatable bonds is 9. The molecule has 0 spiro atoms. The third-order valence-corrected chi connectivity index (χ3v) is 4.84. The third-order valence-electron chi connectivity index (χ3n) is 4.84. The first-order chi connectivity index (χ1) is 15.3. The van der Waals surface area contributed by atoms with Gasteiger partial charge in [-0.15, -0.1) is 0 Å². The van der Waals surface area contributed by atoms with E-state index >= 15 is 0 Å². The first-order valence-electron chi connectivity index (χ1n) is 10.6. The fraction of sp³-hybridized carbons (Fsp3) is 0.333. The van der Waals surface area contributed by atoms with Crippen molar-refractivity contribution in [2.45, 2.75) is 39.3 Å². The van der Waals surface area contributed by atoms with E-state index in [4.69, 9.17) is 4.74 Å². The van der Waals surface area contributed by atoms with Crippen molar-refractivity contribution in [3.05, 3.63) is 65.9 Å². The van der Waals surface area contributed by atoms with Gasteiger partial charge in [-0.05, 0) is 54.8 Å². The van der Waals surface area contributed by atoms with Gasteiger partial charge >= 0.3 is 6.18 Å². The average Bonchev–Trinajstić information content (AvgIpc) is 2.78. The number of hydrogen-bond donors (Lipinski definition) is 1. The van der Waals surface area contributed by atoms with Crippen LogP contribution in [0.1, 0.15) is 37.8 Å². The molecule has 0 aliphatic heterocycles. The Morgan fingerprint density at radius 3 is 2.25 bits per heavy atom. The van der Waals surface area contributed by atoms with Crippen LogP contribution in [-0.4, -0.2) is 23.6 Å². The Morgan fingerprint density at radius 1 is 0.969 bits per heavy atom. The number of nitrogens with one attached hydrogen (secondary N) is 1. The van der Waals surface area contributed by atoms with E-state index in [0.29, 0.717) is 18.0 Å². The maximum Gasteiger partial charge on any atom is 0.421 e. The molecule has 170 valence electrons. The van der Waals surface area contributed by atoms with Gasteiger partial charge in [0.2, 0.25) is 5.95 Å². The lowest BCUT2D eigenvalue weighted by molar-refractivity contribution is -0.137. The Balaban J connectivity index is 1.87. The summed E-state index contributed by atoms with van der Waals surface area (Å²) in [6.07, 6.45) is -0.952. The fourth-order valence-electron chi connectivity index (χ4n) is 3.17. The van der Waals surface area contributed by atoms with E-state index in [1.165, 1.54) is 4.90 Å². The molecule has 0 aliphatic carbocycles. The molecule has 0 aliphatic rings. The van der Waals surface area contributed by atoms with Crippen LogP contribution in [0.25, 0.3) is 0 Å². The number of ether oxygens (including phenoxy) is 1. The Bertz CT molecular complexity index is 1010. The molecule has 5 nitrogen and oxygen atoms in total. The molecular formula is C24H27F3N4O. The summed E-state index contributed by atoms with van der Waals surface area (Å²) in [5.41, 5.74) is 1.49. The highest BCUT2D eigenvalue weighted by atomic mass is 19.4. The van der Waals surface area contributed by atoms with Gasteiger partial charge in [0.15, 0.2) is 5.82 Å². The van der Waals surface area contributed by atoms with E-state index in [1.54, 1.807) is 43.4 Å². The van der Waals surface area contributed by atoms with Crippen LogP contribution in [0.3, 0.4) is 0 Å². The van der Waals surface area contributed by atoms with Crippen molar-refractivity contribution >= 4 is 23.1 Å². The zero-order valence-corrected chi connectivity index (χ0v) is 18.4. The van der Waals surface area contributed by atoms with Gasteiger partial charge in [0.25, 0.3) is 0 Å². The molecule has 3 aromatic rings. The quantitative estimate of drug-likeness (QED) is 0.396. The number of alkyl halides is 3. The van der Waals surface area contributed by atoms with Crippen LogP contribution >= 0.6 is 0 Å². The predicted octanol–water partition coefficient (Wildman–Crippen LogP) is 6.75. The van der Waals surface area contributed by atoms with Crippen molar-refractivity contribution in [2.75, 3.05) is 23.9 Å². The summed E-state index contributed by atoms with van der Waals surface area (Å²) in [6.45, 7) is 4.72. The summed E-state index contributed by atoms with van der Waals surface area (Å²) in [7, 11) is 1.57. The second-order valence-electron chi connectivity index (χ2n) is 7.40. The van der Waals surface area contributed by atoms with Gasteiger partial charge in [-0.25, -0.2) is 4.98 Å². The van der Waals surface area contributed by atoms with Gasteiger partial charge in [-0.2, -0.15) is 18.2 Å². The maximum absolute atomic E-state index is 13.7. The second kappa shape index (κ2) is 10.3. The average molecular weight is 445 g/mol. The smallest absolute Gasteiger partial charge is 0.421 e. The standard InChI is InChI=1S/C24H27F3N4O/c1-4-6-17-7-11-19(12-8-17)31(3)22-21(24(25,26)27)16-28-23(30-22)29-18-9-13-20(14-10-18)32-15-5-2/h7-14,16H,4-6,15H2,1-3H3,(H,28,29,30). The molecule has 0 unspecified atom stereocenters. The Kier molecular flexibility index (Phi) is 7.56. The largest absolute Gasteiger partial charge is 0.494 e. The molecule has 0 radical (unpaired) electrons. The van der Waals surface area contributed by atoms with Gasteiger partial charge in [-0.1, -0.05) is 32.4 Å². The summed E-state index contributed by atoms with van der Waals surface area (Å²) in [5.74, 6) is 0.573. The van der Waals surface area contributed by atoms with Gasteiger partial charge in [-0.3, -0.25) is 0 Å². The van der Waals surface area contributed by atoms with Gasteiger partial charge in [0, 0.05) is 24.6 Å². The molecule has 8 heteroatoms. The highest BCUT2D eigenvalue weighted by Gasteiger charge is 2.36. The van der Waals surface area contributed by atoms with E-state index in [2.05, 4.69) is 22.2 Å². The molecule has 32 heavy (non-hydrogen) atoms. The summed E-state index contributed by atoms with van der Waals surface area (Å²) in [4.78, 5) is 9.51. The molecule has 1 heterocycles. The molecule has 0 saturated heterocycles. The van der Waals surface area contributed by atoms with Crippen LogP contribution in [0.2, 0.25) is 0 Å². The van der Waals surface area contributed by atoms with Crippen molar-refractivity contribution in [1.82, 2.24) is 9.97 Å². The third kappa shape index (κ3) is 5.90. The van der Waals surface area contributed by atoms with E-state index in [0.717, 1.165) is 36.8 Å². The van der Waals surface area contributed by atoms with E-state index in [-0.39, 0.29) is 11.8 Å². The molecular weight excluding hydrogens is 417 g/mol. The van der Waals surface area contributed by atoms with Gasteiger partial charge in [0.1, 0.15) is 11.3 Å². The molecule has 0 amide bonds. The van der Waals surface area contributed by atoms with E-state index < -0.39 is 11.7 Å². The lowest BCUT2D eigenvalue weighted by atomic mass is 10.1. The lowest BCUT2D eigenvalue weighted by Gasteiger charge is -2.23. The zero-order valence-electron chi connectivity index (χ0n) is 18.4. The molecule has 1 N–H and O–H groups in total. The van der Waals surface area contributed by atoms with Crippen LogP contribution in [-0.2, 0) is 12.6 Å². The Morgan fingerprint density at radius 2 is 1.66 bits per heavy atom. The highest BCUT2D eigenvalue weighted by Crippen LogP contribution is 2.37. The first kappa shape index (κ1) is 23.4. The van der Waals surface area contributed by atoms with Gasteiger partial charge in [0.05, 0.1) is 6.61 Å². The van der Waals surface area contributed by atoms with Gasteiger partial charge < -0.3 is 15.0 Å². The number of hydrogen-bond acceptors (Lipinski definition) is 5. The number of aromatic nitrogens is 2. The number of nitrogens with zero attached hydrogens (tertiary/aromatic N) is 3. The Labute approximate surface area is 186 Å². The predicted molar refractivity (Wildman–Crippen MR) is 121 cm³/mol. The minimum Gasteiger partial charge on any atom is -0.494 e. The summed E-state index contributed by atoms with van der Waals surface area (Å²) < 4.78 is 46.5. The normalized spacial score (nSPS) is 11.3. The molecule has 0 saturated carbocycles. The molecule has 3 rings (SSSR count). The van der Waals surface area contributed by atoms with Crippen molar-refractivity contribution < 1.29 is 17.9 Å². The van der Waals surface area contributed by atoms with Crippen molar-refractivity contribution in [2.24, 2.45) is 0 Å². The minimum absolute atomic E-state index is 0.0738. The zero-order chi connectivity index (χ0) is 23.1. The van der Waals surface area contributed by atoms with Crippen LogP contribution in [0.5, 0.6) is 5.75 Å². The molecule has 1 aromatic heterocycles. The molecule has 0 atom stereocenters. The topological polar surface area (TPSA) is 50.3 Å². The van der Waals surface area contributed by atoms with Crippen molar-refractivity contribution in [3.8, 4) is 5.75 Å². The van der Waals surface area contributed by atoms with E-state index in [9.17, 15) is 13.2 Å². The molecule has 2 aromatic carbocycles. The van der Waals surface area contributed by atoms with Crippen LogP contribution < -0.4 is 15.0 Å². The molecule has 0 bridgehead atoms. The first-order valence-corrected chi connectivity index (χ1v) is 10.6. The number of benzene rings is 2. The summed E-state index contributed by atoms with van der Waals surface area (Å²) in [6, 6.07) is 14.5. The number of halogens is 3. The number of anilines is 4. The van der Waals surface area contributed by atoms with Crippen molar-refractivity contribution in [1.29, 1.82) is 0 Å². The van der Waals surface area contributed by atoms with Crippen molar-refractivity contribution in [3.63, 3.8) is 0 Å². The van der Waals surface area contributed by atoms with E-state index in [1.807, 2.05) is 19.1 Å². The van der Waals surface area contributed by atoms with Crippen LogP contribution in [0, 0.1) is 0 Å². The maximum atomic E-state index is 13.7.